The molecular formula is C13H17F2NO4S. The normalized spacial score (nSPS) is 13.1. The molecule has 5 nitrogen and oxygen atoms in total. The highest BCUT2D eigenvalue weighted by Gasteiger charge is 2.19. The first-order valence-corrected chi connectivity index (χ1v) is 7.87. The third-order valence-corrected chi connectivity index (χ3v) is 4.44. The third kappa shape index (κ3) is 5.76. The van der Waals surface area contributed by atoms with Crippen molar-refractivity contribution in [2.75, 3.05) is 6.54 Å². The number of carboxylic acids is 1. The fourth-order valence-electron chi connectivity index (χ4n) is 1.71. The molecule has 0 fully saturated rings. The summed E-state index contributed by atoms with van der Waals surface area (Å²) in [6.45, 7) is 1.82. The Morgan fingerprint density at radius 1 is 1.33 bits per heavy atom. The lowest BCUT2D eigenvalue weighted by Crippen LogP contribution is -2.27. The first kappa shape index (κ1) is 17.5. The van der Waals surface area contributed by atoms with Crippen LogP contribution in [0.1, 0.15) is 26.2 Å². The molecule has 1 unspecified atom stereocenters. The van der Waals surface area contributed by atoms with Crippen LogP contribution >= 0.6 is 0 Å². The van der Waals surface area contributed by atoms with E-state index in [1.165, 1.54) is 0 Å². The number of hydrogen-bond acceptors (Lipinski definition) is 3. The van der Waals surface area contributed by atoms with Crippen LogP contribution in [0.5, 0.6) is 0 Å². The lowest BCUT2D eigenvalue weighted by Gasteiger charge is -2.11. The largest absolute Gasteiger partial charge is 0.481 e. The number of aliphatic carboxylic acids is 1. The SMILES string of the molecule is CC(CCNS(=O)(=O)c1cc(F)ccc1F)CCC(=O)O. The van der Waals surface area contributed by atoms with Crippen molar-refractivity contribution in [2.24, 2.45) is 5.92 Å². The minimum absolute atomic E-state index is 0.00107. The van der Waals surface area contributed by atoms with Crippen molar-refractivity contribution >= 4 is 16.0 Å². The van der Waals surface area contributed by atoms with Gasteiger partial charge in [-0.3, -0.25) is 4.79 Å². The van der Waals surface area contributed by atoms with Gasteiger partial charge in [0.1, 0.15) is 16.5 Å². The number of rotatable bonds is 8. The molecule has 0 bridgehead atoms. The van der Waals surface area contributed by atoms with Gasteiger partial charge in [-0.15, -0.1) is 0 Å². The summed E-state index contributed by atoms with van der Waals surface area (Å²) in [5.41, 5.74) is 0. The lowest BCUT2D eigenvalue weighted by atomic mass is 10.0. The van der Waals surface area contributed by atoms with Gasteiger partial charge in [0.2, 0.25) is 10.0 Å². The summed E-state index contributed by atoms with van der Waals surface area (Å²) in [7, 11) is -4.12. The molecule has 0 saturated heterocycles. The Labute approximate surface area is 122 Å². The molecule has 0 spiro atoms. The smallest absolute Gasteiger partial charge is 0.303 e. The van der Waals surface area contributed by atoms with E-state index in [1.807, 2.05) is 0 Å². The molecule has 0 aliphatic carbocycles. The average Bonchev–Trinajstić information content (AvgIpc) is 2.39. The standard InChI is InChI=1S/C13H17F2NO4S/c1-9(2-5-13(17)18)6-7-16-21(19,20)12-8-10(14)3-4-11(12)15/h3-4,8-9,16H,2,5-7H2,1H3,(H,17,18). The van der Waals surface area contributed by atoms with Crippen LogP contribution in [0.3, 0.4) is 0 Å². The van der Waals surface area contributed by atoms with E-state index in [4.69, 9.17) is 5.11 Å². The second-order valence-corrected chi connectivity index (χ2v) is 6.53. The number of carbonyl (C=O) groups is 1. The molecule has 0 aromatic heterocycles. The molecule has 0 aliphatic heterocycles. The molecule has 21 heavy (non-hydrogen) atoms. The Hall–Kier alpha value is -1.54. The van der Waals surface area contributed by atoms with Crippen LogP contribution in [0.25, 0.3) is 0 Å². The first-order valence-electron chi connectivity index (χ1n) is 6.39. The van der Waals surface area contributed by atoms with Crippen LogP contribution in [-0.2, 0) is 14.8 Å². The van der Waals surface area contributed by atoms with E-state index >= 15 is 0 Å². The molecule has 0 amide bonds. The molecule has 1 aromatic rings. The van der Waals surface area contributed by atoms with Gasteiger partial charge in [-0.25, -0.2) is 21.9 Å². The Bertz CT molecular complexity index is 604. The predicted octanol–water partition coefficient (Wildman–Crippen LogP) is 2.13. The summed E-state index contributed by atoms with van der Waals surface area (Å²) >= 11 is 0. The zero-order valence-electron chi connectivity index (χ0n) is 11.5. The van der Waals surface area contributed by atoms with Gasteiger partial charge in [0.25, 0.3) is 0 Å². The Morgan fingerprint density at radius 2 is 2.00 bits per heavy atom. The van der Waals surface area contributed by atoms with Crippen LogP contribution in [0.2, 0.25) is 0 Å². The Balaban J connectivity index is 2.57. The van der Waals surface area contributed by atoms with Gasteiger partial charge in [0.15, 0.2) is 0 Å². The fraction of sp³-hybridized carbons (Fsp3) is 0.462. The van der Waals surface area contributed by atoms with E-state index < -0.39 is 32.5 Å². The van der Waals surface area contributed by atoms with E-state index in [1.54, 1.807) is 6.92 Å². The predicted molar refractivity (Wildman–Crippen MR) is 72.2 cm³/mol. The number of nitrogens with one attached hydrogen (secondary N) is 1. The molecular weight excluding hydrogens is 304 g/mol. The van der Waals surface area contributed by atoms with Crippen molar-refractivity contribution in [1.29, 1.82) is 0 Å². The maximum absolute atomic E-state index is 13.4. The zero-order chi connectivity index (χ0) is 16.0. The van der Waals surface area contributed by atoms with Crippen molar-refractivity contribution in [3.8, 4) is 0 Å². The summed E-state index contributed by atoms with van der Waals surface area (Å²) < 4.78 is 52.3. The summed E-state index contributed by atoms with van der Waals surface area (Å²) in [6, 6.07) is 2.20. The van der Waals surface area contributed by atoms with E-state index in [2.05, 4.69) is 4.72 Å². The van der Waals surface area contributed by atoms with Crippen molar-refractivity contribution in [3.05, 3.63) is 29.8 Å². The van der Waals surface area contributed by atoms with E-state index in [0.29, 0.717) is 18.9 Å². The van der Waals surface area contributed by atoms with Crippen molar-refractivity contribution in [3.63, 3.8) is 0 Å². The fourth-order valence-corrected chi connectivity index (χ4v) is 2.85. The van der Waals surface area contributed by atoms with E-state index in [0.717, 1.165) is 12.1 Å². The minimum atomic E-state index is -4.12. The highest BCUT2D eigenvalue weighted by molar-refractivity contribution is 7.89. The molecule has 0 aliphatic rings. The van der Waals surface area contributed by atoms with Crippen LogP contribution in [0.4, 0.5) is 8.78 Å². The number of halogens is 2. The summed E-state index contributed by atoms with van der Waals surface area (Å²) in [5.74, 6) is -2.78. The van der Waals surface area contributed by atoms with Crippen molar-refractivity contribution < 1.29 is 27.1 Å². The Kier molecular flexibility index (Phi) is 6.22. The second-order valence-electron chi connectivity index (χ2n) is 4.80. The summed E-state index contributed by atoms with van der Waals surface area (Å²) in [6.07, 6.45) is 0.835. The quantitative estimate of drug-likeness (QED) is 0.768. The van der Waals surface area contributed by atoms with Gasteiger partial charge in [0, 0.05) is 13.0 Å². The van der Waals surface area contributed by atoms with Crippen LogP contribution in [0, 0.1) is 17.6 Å². The minimum Gasteiger partial charge on any atom is -0.481 e. The number of benzene rings is 1. The number of hydrogen-bond donors (Lipinski definition) is 2. The van der Waals surface area contributed by atoms with Gasteiger partial charge in [-0.2, -0.15) is 0 Å². The monoisotopic (exact) mass is 321 g/mol. The molecule has 1 rings (SSSR count). The molecule has 8 heteroatoms. The molecule has 2 N–H and O–H groups in total. The van der Waals surface area contributed by atoms with Gasteiger partial charge in [0.05, 0.1) is 0 Å². The Morgan fingerprint density at radius 3 is 2.62 bits per heavy atom. The molecule has 0 heterocycles. The topological polar surface area (TPSA) is 83.5 Å². The van der Waals surface area contributed by atoms with Crippen LogP contribution < -0.4 is 4.72 Å². The molecule has 1 atom stereocenters. The van der Waals surface area contributed by atoms with Crippen LogP contribution in [-0.4, -0.2) is 26.0 Å². The van der Waals surface area contributed by atoms with E-state index in [-0.39, 0.29) is 18.9 Å². The average molecular weight is 321 g/mol. The summed E-state index contributed by atoms with van der Waals surface area (Å²) in [4.78, 5) is 9.67. The number of carboxylic acid groups (broad SMARTS) is 1. The number of sulfonamides is 1. The van der Waals surface area contributed by atoms with Gasteiger partial charge < -0.3 is 5.11 Å². The zero-order valence-corrected chi connectivity index (χ0v) is 12.3. The molecule has 118 valence electrons. The van der Waals surface area contributed by atoms with Crippen molar-refractivity contribution in [2.45, 2.75) is 31.1 Å². The van der Waals surface area contributed by atoms with Gasteiger partial charge >= 0.3 is 5.97 Å². The molecule has 0 saturated carbocycles. The first-order chi connectivity index (χ1) is 9.72. The third-order valence-electron chi connectivity index (χ3n) is 2.96. The second kappa shape index (κ2) is 7.46. The maximum atomic E-state index is 13.4. The van der Waals surface area contributed by atoms with Gasteiger partial charge in [-0.1, -0.05) is 6.92 Å². The summed E-state index contributed by atoms with van der Waals surface area (Å²) in [5, 5.41) is 8.53. The van der Waals surface area contributed by atoms with Crippen molar-refractivity contribution in [1.82, 2.24) is 4.72 Å². The van der Waals surface area contributed by atoms with Crippen LogP contribution in [0.15, 0.2) is 23.1 Å². The highest BCUT2D eigenvalue weighted by atomic mass is 32.2. The molecule has 0 radical (unpaired) electrons. The van der Waals surface area contributed by atoms with Gasteiger partial charge in [-0.05, 0) is 37.0 Å². The molecule has 1 aromatic carbocycles. The highest BCUT2D eigenvalue weighted by Crippen LogP contribution is 2.16. The van der Waals surface area contributed by atoms with E-state index in [9.17, 15) is 22.0 Å². The lowest BCUT2D eigenvalue weighted by molar-refractivity contribution is -0.137. The maximum Gasteiger partial charge on any atom is 0.303 e.